The molecule has 33 heavy (non-hydrogen) atoms. The summed E-state index contributed by atoms with van der Waals surface area (Å²) in [6.45, 7) is 3.81. The average molecular weight is 464 g/mol. The van der Waals surface area contributed by atoms with E-state index in [1.807, 2.05) is 18.2 Å². The number of carbonyl (C=O) groups excluding carboxylic acids is 1. The van der Waals surface area contributed by atoms with Crippen LogP contribution in [-0.2, 0) is 14.3 Å². The fourth-order valence-corrected chi connectivity index (χ4v) is 3.85. The van der Waals surface area contributed by atoms with Crippen molar-refractivity contribution in [2.45, 2.75) is 110 Å². The molecule has 0 aliphatic heterocycles. The second-order valence-electron chi connectivity index (χ2n) is 8.92. The van der Waals surface area contributed by atoms with E-state index in [0.29, 0.717) is 44.3 Å². The molecule has 0 aromatic heterocycles. The zero-order valence-corrected chi connectivity index (χ0v) is 21.2. The molecule has 190 valence electrons. The van der Waals surface area contributed by atoms with Gasteiger partial charge in [-0.1, -0.05) is 109 Å². The number of anilines is 1. The minimum absolute atomic E-state index is 0.124. The van der Waals surface area contributed by atoms with E-state index in [2.05, 4.69) is 6.92 Å². The van der Waals surface area contributed by atoms with Gasteiger partial charge in [-0.2, -0.15) is 0 Å². The standard InChI is InChI=1S/C28H49NO4/c1-2-3-4-5-6-7-8-9-10-11-12-13-14-15-16-21-28(30)33-25-23-31-22-24-32-27-20-18-17-19-26(27)29/h17-20H,2-16,21-25,29H2,1H3. The van der Waals surface area contributed by atoms with Crippen LogP contribution in [-0.4, -0.2) is 32.4 Å². The maximum absolute atomic E-state index is 11.8. The number of esters is 1. The van der Waals surface area contributed by atoms with Crippen LogP contribution in [0.2, 0.25) is 0 Å². The fourth-order valence-electron chi connectivity index (χ4n) is 3.85. The van der Waals surface area contributed by atoms with Gasteiger partial charge in [0.2, 0.25) is 0 Å². The summed E-state index contributed by atoms with van der Waals surface area (Å²) in [5.74, 6) is 0.539. The Balaban J connectivity index is 1.76. The van der Waals surface area contributed by atoms with Crippen LogP contribution in [0.5, 0.6) is 5.75 Å². The predicted octanol–water partition coefficient (Wildman–Crippen LogP) is 7.47. The van der Waals surface area contributed by atoms with Crippen LogP contribution in [0.25, 0.3) is 0 Å². The minimum atomic E-state index is -0.124. The van der Waals surface area contributed by atoms with Gasteiger partial charge in [-0.05, 0) is 18.6 Å². The Labute approximate surface area is 202 Å². The molecule has 5 heteroatoms. The lowest BCUT2D eigenvalue weighted by molar-refractivity contribution is -0.145. The van der Waals surface area contributed by atoms with E-state index in [-0.39, 0.29) is 5.97 Å². The molecule has 0 aliphatic carbocycles. The molecular formula is C28H49NO4. The van der Waals surface area contributed by atoms with Crippen molar-refractivity contribution in [1.82, 2.24) is 0 Å². The summed E-state index contributed by atoms with van der Waals surface area (Å²) in [7, 11) is 0. The van der Waals surface area contributed by atoms with Crippen LogP contribution in [0.3, 0.4) is 0 Å². The second-order valence-corrected chi connectivity index (χ2v) is 8.92. The van der Waals surface area contributed by atoms with Crippen molar-refractivity contribution in [3.63, 3.8) is 0 Å². The monoisotopic (exact) mass is 463 g/mol. The van der Waals surface area contributed by atoms with Gasteiger partial charge in [0.05, 0.1) is 18.9 Å². The van der Waals surface area contributed by atoms with E-state index in [9.17, 15) is 4.79 Å². The Hall–Kier alpha value is -1.75. The number of nitrogens with two attached hydrogens (primary N) is 1. The average Bonchev–Trinajstić information content (AvgIpc) is 2.82. The van der Waals surface area contributed by atoms with Gasteiger partial charge >= 0.3 is 5.97 Å². The summed E-state index contributed by atoms with van der Waals surface area (Å²) in [5, 5.41) is 0. The van der Waals surface area contributed by atoms with Crippen LogP contribution in [0.15, 0.2) is 24.3 Å². The van der Waals surface area contributed by atoms with Gasteiger partial charge in [-0.25, -0.2) is 0 Å². The van der Waals surface area contributed by atoms with Gasteiger partial charge in [-0.15, -0.1) is 0 Å². The normalized spacial score (nSPS) is 10.9. The lowest BCUT2D eigenvalue weighted by atomic mass is 10.0. The Morgan fingerprint density at radius 3 is 1.79 bits per heavy atom. The number of hydrogen-bond donors (Lipinski definition) is 1. The van der Waals surface area contributed by atoms with Crippen LogP contribution in [0.1, 0.15) is 110 Å². The fraction of sp³-hybridized carbons (Fsp3) is 0.750. The second kappa shape index (κ2) is 22.1. The van der Waals surface area contributed by atoms with Crippen molar-refractivity contribution in [3.8, 4) is 5.75 Å². The number of benzene rings is 1. The first-order valence-electron chi connectivity index (χ1n) is 13.4. The lowest BCUT2D eigenvalue weighted by Gasteiger charge is -2.09. The molecule has 0 amide bonds. The molecule has 0 bridgehead atoms. The van der Waals surface area contributed by atoms with Gasteiger partial charge in [0, 0.05) is 6.42 Å². The third-order valence-corrected chi connectivity index (χ3v) is 5.88. The Morgan fingerprint density at radius 2 is 1.21 bits per heavy atom. The van der Waals surface area contributed by atoms with E-state index in [1.165, 1.54) is 83.5 Å². The third-order valence-electron chi connectivity index (χ3n) is 5.88. The summed E-state index contributed by atoms with van der Waals surface area (Å²) in [5.41, 5.74) is 6.42. The van der Waals surface area contributed by atoms with Crippen LogP contribution >= 0.6 is 0 Å². The number of hydrogen-bond acceptors (Lipinski definition) is 5. The summed E-state index contributed by atoms with van der Waals surface area (Å²) in [4.78, 5) is 11.8. The zero-order chi connectivity index (χ0) is 23.8. The molecule has 0 saturated heterocycles. The first-order chi connectivity index (χ1) is 16.2. The van der Waals surface area contributed by atoms with E-state index in [4.69, 9.17) is 19.9 Å². The highest BCUT2D eigenvalue weighted by Gasteiger charge is 2.03. The van der Waals surface area contributed by atoms with Crippen molar-refractivity contribution in [3.05, 3.63) is 24.3 Å². The van der Waals surface area contributed by atoms with Crippen molar-refractivity contribution in [2.24, 2.45) is 0 Å². The highest BCUT2D eigenvalue weighted by molar-refractivity contribution is 5.69. The van der Waals surface area contributed by atoms with E-state index in [1.54, 1.807) is 6.07 Å². The topological polar surface area (TPSA) is 70.8 Å². The summed E-state index contributed by atoms with van der Waals surface area (Å²) in [6, 6.07) is 7.38. The van der Waals surface area contributed by atoms with Crippen molar-refractivity contribution in [1.29, 1.82) is 0 Å². The molecule has 5 nitrogen and oxygen atoms in total. The number of nitrogen functional groups attached to an aromatic ring is 1. The molecular weight excluding hydrogens is 414 g/mol. The maximum atomic E-state index is 11.8. The van der Waals surface area contributed by atoms with Gasteiger partial charge < -0.3 is 19.9 Å². The Bertz CT molecular complexity index is 579. The summed E-state index contributed by atoms with van der Waals surface area (Å²) in [6.07, 6.45) is 20.4. The molecule has 0 atom stereocenters. The number of unbranched alkanes of at least 4 members (excludes halogenated alkanes) is 14. The van der Waals surface area contributed by atoms with Crippen molar-refractivity contribution >= 4 is 11.7 Å². The van der Waals surface area contributed by atoms with Crippen LogP contribution in [0.4, 0.5) is 5.69 Å². The molecule has 0 saturated carbocycles. The number of carbonyl (C=O) groups is 1. The van der Waals surface area contributed by atoms with Crippen LogP contribution < -0.4 is 10.5 Å². The maximum Gasteiger partial charge on any atom is 0.305 e. The minimum Gasteiger partial charge on any atom is -0.489 e. The number of ether oxygens (including phenoxy) is 3. The molecule has 0 fully saturated rings. The predicted molar refractivity (Wildman–Crippen MR) is 138 cm³/mol. The first-order valence-corrected chi connectivity index (χ1v) is 13.4. The van der Waals surface area contributed by atoms with E-state index in [0.717, 1.165) is 12.8 Å². The molecule has 0 aliphatic rings. The van der Waals surface area contributed by atoms with E-state index < -0.39 is 0 Å². The number of para-hydroxylation sites is 2. The molecule has 0 unspecified atom stereocenters. The van der Waals surface area contributed by atoms with Gasteiger partial charge in [0.15, 0.2) is 0 Å². The molecule has 2 N–H and O–H groups in total. The zero-order valence-electron chi connectivity index (χ0n) is 21.2. The molecule has 0 spiro atoms. The Morgan fingerprint density at radius 1 is 0.697 bits per heavy atom. The number of rotatable bonds is 23. The largest absolute Gasteiger partial charge is 0.489 e. The third kappa shape index (κ3) is 18.4. The smallest absolute Gasteiger partial charge is 0.305 e. The Kier molecular flexibility index (Phi) is 19.6. The highest BCUT2D eigenvalue weighted by Crippen LogP contribution is 2.19. The van der Waals surface area contributed by atoms with E-state index >= 15 is 0 Å². The quantitative estimate of drug-likeness (QED) is 0.103. The van der Waals surface area contributed by atoms with Crippen molar-refractivity contribution in [2.75, 3.05) is 32.2 Å². The van der Waals surface area contributed by atoms with Crippen LogP contribution in [0, 0.1) is 0 Å². The van der Waals surface area contributed by atoms with Gasteiger partial charge in [0.25, 0.3) is 0 Å². The summed E-state index contributed by atoms with van der Waals surface area (Å²) < 4.78 is 16.2. The SMILES string of the molecule is CCCCCCCCCCCCCCCCCC(=O)OCCOCCOc1ccccc1N. The molecule has 0 radical (unpaired) electrons. The molecule has 0 heterocycles. The molecule has 1 rings (SSSR count). The van der Waals surface area contributed by atoms with Gasteiger partial charge in [0.1, 0.15) is 19.0 Å². The van der Waals surface area contributed by atoms with Gasteiger partial charge in [-0.3, -0.25) is 4.79 Å². The highest BCUT2D eigenvalue weighted by atomic mass is 16.6. The molecule has 1 aromatic carbocycles. The lowest BCUT2D eigenvalue weighted by Crippen LogP contribution is -2.13. The molecule has 1 aromatic rings. The summed E-state index contributed by atoms with van der Waals surface area (Å²) >= 11 is 0. The first kappa shape index (κ1) is 29.3. The van der Waals surface area contributed by atoms with Crippen molar-refractivity contribution < 1.29 is 19.0 Å².